The van der Waals surface area contributed by atoms with Crippen molar-refractivity contribution in [3.63, 3.8) is 0 Å². The van der Waals surface area contributed by atoms with Crippen LogP contribution < -0.4 is 5.32 Å². The highest BCUT2D eigenvalue weighted by Crippen LogP contribution is 2.17. The summed E-state index contributed by atoms with van der Waals surface area (Å²) in [5.41, 5.74) is 0. The maximum atomic E-state index is 4.44. The van der Waals surface area contributed by atoms with E-state index in [4.69, 9.17) is 0 Å². The molecule has 0 aromatic heterocycles. The number of nitrogens with zero attached hydrogens (tertiary/aromatic N) is 3. The predicted molar refractivity (Wildman–Crippen MR) is 63.2 cm³/mol. The van der Waals surface area contributed by atoms with Crippen molar-refractivity contribution in [2.24, 2.45) is 0 Å². The van der Waals surface area contributed by atoms with Crippen LogP contribution in [0.3, 0.4) is 0 Å². The van der Waals surface area contributed by atoms with Gasteiger partial charge in [-0.3, -0.25) is 9.80 Å². The zero-order valence-corrected chi connectivity index (χ0v) is 10.2. The molecule has 0 bridgehead atoms. The number of rotatable bonds is 2. The van der Waals surface area contributed by atoms with E-state index in [-0.39, 0.29) is 0 Å². The predicted octanol–water partition coefficient (Wildman–Crippen LogP) is 0.779. The Hall–Kier alpha value is -0.120. The smallest absolute Gasteiger partial charge is 0.0195 e. The largest absolute Gasteiger partial charge is 0.298 e. The maximum absolute atomic E-state index is 4.44. The lowest BCUT2D eigenvalue weighted by Gasteiger charge is -2.44. The summed E-state index contributed by atoms with van der Waals surface area (Å²) in [6, 6.07) is 1.56. The van der Waals surface area contributed by atoms with Gasteiger partial charge in [0.15, 0.2) is 0 Å². The van der Waals surface area contributed by atoms with Gasteiger partial charge in [-0.1, -0.05) is 6.92 Å². The van der Waals surface area contributed by atoms with Crippen LogP contribution in [-0.2, 0) is 0 Å². The third-order valence-corrected chi connectivity index (χ3v) is 3.96. The van der Waals surface area contributed by atoms with Gasteiger partial charge < -0.3 is 0 Å². The van der Waals surface area contributed by atoms with Crippen LogP contribution in [0, 0.1) is 0 Å². The van der Waals surface area contributed by atoms with Crippen molar-refractivity contribution in [3.05, 3.63) is 0 Å². The molecule has 2 heterocycles. The van der Waals surface area contributed by atoms with Crippen LogP contribution in [0.4, 0.5) is 0 Å². The minimum atomic E-state index is 0.739. The van der Waals surface area contributed by atoms with Gasteiger partial charge in [-0.2, -0.15) is 0 Å². The summed E-state index contributed by atoms with van der Waals surface area (Å²) in [5, 5.41) is 4.44. The molecule has 15 heavy (non-hydrogen) atoms. The first-order valence-corrected chi connectivity index (χ1v) is 6.42. The number of likely N-dealkylation sites (N-methyl/N-ethyl adjacent to an activating group) is 1. The van der Waals surface area contributed by atoms with Crippen LogP contribution in [0.5, 0.6) is 0 Å². The highest BCUT2D eigenvalue weighted by atomic mass is 15.3. The van der Waals surface area contributed by atoms with Gasteiger partial charge in [-0.25, -0.2) is 5.32 Å². The molecule has 2 rings (SSSR count). The molecular weight excluding hydrogens is 186 g/mol. The van der Waals surface area contributed by atoms with E-state index in [0.29, 0.717) is 0 Å². The van der Waals surface area contributed by atoms with Crippen LogP contribution in [0.15, 0.2) is 0 Å². The Kier molecular flexibility index (Phi) is 4.00. The van der Waals surface area contributed by atoms with Gasteiger partial charge in [-0.15, -0.1) is 0 Å². The SMILES string of the molecule is CCN1CCN(C2CC[N]CC2)CC1C. The van der Waals surface area contributed by atoms with Gasteiger partial charge in [0.25, 0.3) is 0 Å². The maximum Gasteiger partial charge on any atom is 0.0195 e. The molecule has 0 aromatic carbocycles. The van der Waals surface area contributed by atoms with Crippen molar-refractivity contribution in [1.29, 1.82) is 0 Å². The third-order valence-electron chi connectivity index (χ3n) is 3.96. The first kappa shape index (κ1) is 11.4. The normalized spacial score (nSPS) is 32.0. The van der Waals surface area contributed by atoms with E-state index in [1.807, 2.05) is 0 Å². The number of hydrogen-bond donors (Lipinski definition) is 0. The van der Waals surface area contributed by atoms with E-state index in [1.165, 1.54) is 39.0 Å². The van der Waals surface area contributed by atoms with Gasteiger partial charge >= 0.3 is 0 Å². The van der Waals surface area contributed by atoms with Crippen molar-refractivity contribution < 1.29 is 0 Å². The molecule has 1 unspecified atom stereocenters. The van der Waals surface area contributed by atoms with Crippen molar-refractivity contribution in [2.75, 3.05) is 39.3 Å². The molecule has 2 saturated heterocycles. The zero-order chi connectivity index (χ0) is 10.7. The Bertz CT molecular complexity index is 189. The molecule has 0 N–H and O–H groups in total. The molecule has 0 aliphatic carbocycles. The molecule has 2 aliphatic heterocycles. The first-order valence-electron chi connectivity index (χ1n) is 6.42. The molecule has 3 nitrogen and oxygen atoms in total. The minimum Gasteiger partial charge on any atom is -0.298 e. The average molecular weight is 210 g/mol. The van der Waals surface area contributed by atoms with Crippen molar-refractivity contribution in [2.45, 2.75) is 38.8 Å². The van der Waals surface area contributed by atoms with Crippen LogP contribution >= 0.6 is 0 Å². The fourth-order valence-corrected chi connectivity index (χ4v) is 2.93. The van der Waals surface area contributed by atoms with Crippen LogP contribution in [0.2, 0.25) is 0 Å². The van der Waals surface area contributed by atoms with E-state index < -0.39 is 0 Å². The van der Waals surface area contributed by atoms with Crippen LogP contribution in [0.25, 0.3) is 0 Å². The molecule has 0 saturated carbocycles. The lowest BCUT2D eigenvalue weighted by Crippen LogP contribution is -2.55. The Morgan fingerprint density at radius 3 is 2.53 bits per heavy atom. The van der Waals surface area contributed by atoms with Crippen LogP contribution in [0.1, 0.15) is 26.7 Å². The van der Waals surface area contributed by atoms with E-state index in [2.05, 4.69) is 29.0 Å². The molecule has 3 heteroatoms. The summed E-state index contributed by atoms with van der Waals surface area (Å²) in [5.74, 6) is 0. The Labute approximate surface area is 93.8 Å². The fraction of sp³-hybridized carbons (Fsp3) is 1.00. The Morgan fingerprint density at radius 2 is 1.93 bits per heavy atom. The monoisotopic (exact) mass is 210 g/mol. The summed E-state index contributed by atoms with van der Waals surface area (Å²) in [4.78, 5) is 5.29. The van der Waals surface area contributed by atoms with Gasteiger partial charge in [0.2, 0.25) is 0 Å². The molecule has 0 aromatic rings. The third kappa shape index (κ3) is 2.71. The first-order chi connectivity index (χ1) is 7.31. The molecule has 1 atom stereocenters. The Balaban J connectivity index is 1.84. The van der Waals surface area contributed by atoms with Crippen molar-refractivity contribution in [1.82, 2.24) is 15.1 Å². The topological polar surface area (TPSA) is 20.6 Å². The lowest BCUT2D eigenvalue weighted by molar-refractivity contribution is 0.0484. The summed E-state index contributed by atoms with van der Waals surface area (Å²) in [6.07, 6.45) is 2.58. The van der Waals surface area contributed by atoms with E-state index in [1.54, 1.807) is 0 Å². The number of hydrogen-bond acceptors (Lipinski definition) is 2. The van der Waals surface area contributed by atoms with Crippen LogP contribution in [-0.4, -0.2) is 61.2 Å². The van der Waals surface area contributed by atoms with Gasteiger partial charge in [0.1, 0.15) is 0 Å². The van der Waals surface area contributed by atoms with Gasteiger partial charge in [0, 0.05) is 44.8 Å². The molecule has 2 aliphatic rings. The Morgan fingerprint density at radius 1 is 1.20 bits per heavy atom. The molecule has 0 spiro atoms. The lowest BCUT2D eigenvalue weighted by atomic mass is 10.0. The fourth-order valence-electron chi connectivity index (χ4n) is 2.93. The van der Waals surface area contributed by atoms with Crippen molar-refractivity contribution in [3.8, 4) is 0 Å². The molecule has 1 radical (unpaired) electrons. The average Bonchev–Trinajstić information content (AvgIpc) is 2.30. The van der Waals surface area contributed by atoms with Gasteiger partial charge in [0.05, 0.1) is 0 Å². The second-order valence-electron chi connectivity index (χ2n) is 4.87. The van der Waals surface area contributed by atoms with E-state index in [9.17, 15) is 0 Å². The highest BCUT2D eigenvalue weighted by molar-refractivity contribution is 4.85. The molecule has 2 fully saturated rings. The van der Waals surface area contributed by atoms with Crippen molar-refractivity contribution >= 4 is 0 Å². The second-order valence-corrected chi connectivity index (χ2v) is 4.87. The summed E-state index contributed by atoms with van der Waals surface area (Å²) < 4.78 is 0. The minimum absolute atomic E-state index is 0.739. The zero-order valence-electron chi connectivity index (χ0n) is 10.2. The molecular formula is C12H24N3. The summed E-state index contributed by atoms with van der Waals surface area (Å²) >= 11 is 0. The summed E-state index contributed by atoms with van der Waals surface area (Å²) in [6.45, 7) is 11.8. The number of piperazine rings is 1. The highest BCUT2D eigenvalue weighted by Gasteiger charge is 2.28. The molecule has 87 valence electrons. The quantitative estimate of drug-likeness (QED) is 0.671. The second kappa shape index (κ2) is 5.28. The standard InChI is InChI=1S/C12H24N3/c1-3-14-8-9-15(10-11(14)2)12-4-6-13-7-5-12/h11-12H,3-10H2,1-2H3. The summed E-state index contributed by atoms with van der Waals surface area (Å²) in [7, 11) is 0. The molecule has 0 amide bonds. The van der Waals surface area contributed by atoms with Gasteiger partial charge in [-0.05, 0) is 26.3 Å². The van der Waals surface area contributed by atoms with E-state index >= 15 is 0 Å². The number of piperidine rings is 1. The van der Waals surface area contributed by atoms with E-state index in [0.717, 1.165) is 25.2 Å².